The van der Waals surface area contributed by atoms with Gasteiger partial charge in [0.15, 0.2) is 15.8 Å². The van der Waals surface area contributed by atoms with Gasteiger partial charge in [0.2, 0.25) is 5.95 Å². The van der Waals surface area contributed by atoms with Crippen LogP contribution in [0.3, 0.4) is 0 Å². The van der Waals surface area contributed by atoms with E-state index in [1.54, 1.807) is 18.2 Å². The average molecular weight is 606 g/mol. The van der Waals surface area contributed by atoms with E-state index in [2.05, 4.69) is 25.6 Å². The average Bonchev–Trinajstić information content (AvgIpc) is 3.29. The monoisotopic (exact) mass is 604 g/mol. The second kappa shape index (κ2) is 10.9. The molecular formula is C23H18Cl3F3N6O2S. The molecule has 5 rings (SSSR count). The van der Waals surface area contributed by atoms with Crippen molar-refractivity contribution in [3.8, 4) is 0 Å². The third kappa shape index (κ3) is 5.70. The fraction of sp³-hybridized carbons (Fsp3) is 0.261. The molecule has 1 saturated heterocycles. The number of aliphatic hydroxyl groups excluding tert-OH is 1. The largest absolute Gasteiger partial charge is 0.417 e. The maximum absolute atomic E-state index is 13.2. The summed E-state index contributed by atoms with van der Waals surface area (Å²) in [5.41, 5.74) is 0.165. The zero-order chi connectivity index (χ0) is 27.0. The van der Waals surface area contributed by atoms with E-state index < -0.39 is 22.9 Å². The summed E-state index contributed by atoms with van der Waals surface area (Å²) in [6.07, 6.45) is -4.99. The van der Waals surface area contributed by atoms with Crippen LogP contribution in [0, 0.1) is 0 Å². The van der Waals surface area contributed by atoms with Gasteiger partial charge in [-0.15, -0.1) is 0 Å². The number of halogens is 6. The molecule has 0 spiro atoms. The lowest BCUT2D eigenvalue weighted by atomic mass is 10.2. The molecule has 38 heavy (non-hydrogen) atoms. The summed E-state index contributed by atoms with van der Waals surface area (Å²) < 4.78 is 45.1. The van der Waals surface area contributed by atoms with Gasteiger partial charge < -0.3 is 25.4 Å². The van der Waals surface area contributed by atoms with E-state index in [0.29, 0.717) is 56.9 Å². The Bertz CT molecular complexity index is 1470. The minimum absolute atomic E-state index is 0.166. The molecule has 3 N–H and O–H groups in total. The fourth-order valence-electron chi connectivity index (χ4n) is 3.79. The number of morpholine rings is 1. The normalized spacial score (nSPS) is 16.2. The number of benzene rings is 2. The van der Waals surface area contributed by atoms with Crippen molar-refractivity contribution in [1.29, 1.82) is 0 Å². The number of para-hydroxylation sites is 1. The summed E-state index contributed by atoms with van der Waals surface area (Å²) in [4.78, 5) is 16.2. The van der Waals surface area contributed by atoms with E-state index in [0.717, 1.165) is 6.07 Å². The lowest BCUT2D eigenvalue weighted by Crippen LogP contribution is -2.44. The first-order valence-electron chi connectivity index (χ1n) is 11.1. The highest BCUT2D eigenvalue weighted by atomic mass is 35.5. The van der Waals surface area contributed by atoms with Crippen molar-refractivity contribution in [3.05, 3.63) is 57.0 Å². The number of nitrogens with one attached hydrogen (secondary N) is 2. The molecule has 1 unspecified atom stereocenters. The summed E-state index contributed by atoms with van der Waals surface area (Å²) in [6.45, 7) is 1.03. The molecule has 2 aromatic heterocycles. The van der Waals surface area contributed by atoms with Gasteiger partial charge in [-0.2, -0.15) is 23.1 Å². The Morgan fingerprint density at radius 1 is 1.05 bits per heavy atom. The summed E-state index contributed by atoms with van der Waals surface area (Å²) in [6, 6.07) is 8.39. The Labute approximate surface area is 233 Å². The molecule has 4 aromatic rings. The molecule has 0 radical (unpaired) electrons. The molecule has 0 saturated carbocycles. The first-order chi connectivity index (χ1) is 18.1. The molecule has 3 heterocycles. The number of anilines is 5. The van der Waals surface area contributed by atoms with Gasteiger partial charge in [-0.3, -0.25) is 0 Å². The maximum Gasteiger partial charge on any atom is 0.417 e. The molecule has 8 nitrogen and oxygen atoms in total. The van der Waals surface area contributed by atoms with Crippen LogP contribution >= 0.6 is 46.1 Å². The number of nitrogens with zero attached hydrogens (tertiary/aromatic N) is 4. The summed E-state index contributed by atoms with van der Waals surface area (Å²) in [7, 11) is 0. The molecule has 2 aromatic carbocycles. The quantitative estimate of drug-likeness (QED) is 0.222. The maximum atomic E-state index is 13.2. The number of hydrogen-bond acceptors (Lipinski definition) is 9. The van der Waals surface area contributed by atoms with Gasteiger partial charge in [-0.1, -0.05) is 52.2 Å². The summed E-state index contributed by atoms with van der Waals surface area (Å²) in [5, 5.41) is 16.4. The highest BCUT2D eigenvalue weighted by molar-refractivity contribution is 7.22. The van der Waals surface area contributed by atoms with E-state index in [4.69, 9.17) is 39.5 Å². The van der Waals surface area contributed by atoms with Crippen molar-refractivity contribution in [2.45, 2.75) is 12.3 Å². The minimum atomic E-state index is -4.58. The molecule has 0 amide bonds. The van der Waals surface area contributed by atoms with Crippen molar-refractivity contribution in [2.75, 3.05) is 41.8 Å². The number of ether oxygens (including phenoxy) is 1. The molecular weight excluding hydrogens is 588 g/mol. The van der Waals surface area contributed by atoms with E-state index in [1.165, 1.54) is 23.5 Å². The first kappa shape index (κ1) is 27.0. The second-order valence-electron chi connectivity index (χ2n) is 8.21. The smallest absolute Gasteiger partial charge is 0.394 e. The zero-order valence-electron chi connectivity index (χ0n) is 19.2. The molecule has 1 aliphatic heterocycles. The van der Waals surface area contributed by atoms with Crippen molar-refractivity contribution in [2.24, 2.45) is 0 Å². The highest BCUT2D eigenvalue weighted by Gasteiger charge is 2.33. The fourth-order valence-corrected chi connectivity index (χ4v) is 5.41. The third-order valence-corrected chi connectivity index (χ3v) is 7.41. The Balaban J connectivity index is 1.55. The SMILES string of the molecule is OCC1CN(c2nc(Nc3ccc(C(F)(F)F)c(Cl)c3)c3nc(Nc4c(Cl)cccc4Cl)sc3n2)CCO1. The van der Waals surface area contributed by atoms with E-state index in [9.17, 15) is 18.3 Å². The minimum Gasteiger partial charge on any atom is -0.394 e. The van der Waals surface area contributed by atoms with Crippen LogP contribution in [0.2, 0.25) is 15.1 Å². The number of aromatic nitrogens is 3. The molecule has 200 valence electrons. The zero-order valence-corrected chi connectivity index (χ0v) is 22.3. The van der Waals surface area contributed by atoms with Gasteiger partial charge in [-0.05, 0) is 30.3 Å². The van der Waals surface area contributed by atoms with Crippen LogP contribution in [0.25, 0.3) is 10.3 Å². The van der Waals surface area contributed by atoms with Gasteiger partial charge in [-0.25, -0.2) is 4.98 Å². The number of aliphatic hydroxyl groups is 1. The Kier molecular flexibility index (Phi) is 7.72. The Morgan fingerprint density at radius 2 is 1.82 bits per heavy atom. The Hall–Kier alpha value is -2.61. The number of hydrogen-bond donors (Lipinski definition) is 3. The van der Waals surface area contributed by atoms with Crippen LogP contribution in [0.5, 0.6) is 0 Å². The summed E-state index contributed by atoms with van der Waals surface area (Å²) in [5.74, 6) is 0.591. The van der Waals surface area contributed by atoms with Crippen molar-refractivity contribution in [3.63, 3.8) is 0 Å². The molecule has 0 bridgehead atoms. The number of fused-ring (bicyclic) bond motifs is 1. The molecule has 1 aliphatic rings. The summed E-state index contributed by atoms with van der Waals surface area (Å²) >= 11 is 19.7. The van der Waals surface area contributed by atoms with Crippen molar-refractivity contribution >= 4 is 84.8 Å². The highest BCUT2D eigenvalue weighted by Crippen LogP contribution is 2.39. The number of alkyl halides is 3. The predicted molar refractivity (Wildman–Crippen MR) is 144 cm³/mol. The number of thiazole rings is 1. The number of rotatable bonds is 6. The Morgan fingerprint density at radius 3 is 2.50 bits per heavy atom. The molecule has 15 heteroatoms. The topological polar surface area (TPSA) is 95.4 Å². The lowest BCUT2D eigenvalue weighted by Gasteiger charge is -2.32. The standard InChI is InChI=1S/C23H18Cl3F3N6O2S/c24-14-2-1-3-15(25)17(14)31-22-32-18-19(30-11-4-5-13(16(26)8-11)23(27,28)29)33-21(34-20(18)38-22)35-6-7-37-12(9-35)10-36/h1-5,8,12,36H,6-7,9-10H2,(H,31,32)(H,30,33,34). The molecule has 1 atom stereocenters. The van der Waals surface area contributed by atoms with Crippen LogP contribution in [0.1, 0.15) is 5.56 Å². The van der Waals surface area contributed by atoms with Gasteiger partial charge in [0.25, 0.3) is 0 Å². The van der Waals surface area contributed by atoms with Gasteiger partial charge >= 0.3 is 6.18 Å². The van der Waals surface area contributed by atoms with Crippen LogP contribution in [0.4, 0.5) is 41.4 Å². The van der Waals surface area contributed by atoms with Crippen molar-refractivity contribution in [1.82, 2.24) is 15.0 Å². The predicted octanol–water partition coefficient (Wildman–Crippen LogP) is 6.75. The van der Waals surface area contributed by atoms with Gasteiger partial charge in [0.05, 0.1) is 45.6 Å². The molecule has 1 fully saturated rings. The first-order valence-corrected chi connectivity index (χ1v) is 13.1. The second-order valence-corrected chi connectivity index (χ2v) is 10.4. The van der Waals surface area contributed by atoms with Gasteiger partial charge in [0, 0.05) is 18.8 Å². The van der Waals surface area contributed by atoms with Crippen LogP contribution in [0.15, 0.2) is 36.4 Å². The van der Waals surface area contributed by atoms with E-state index in [1.807, 2.05) is 4.90 Å². The van der Waals surface area contributed by atoms with Crippen LogP contribution < -0.4 is 15.5 Å². The van der Waals surface area contributed by atoms with Gasteiger partial charge in [0.1, 0.15) is 5.52 Å². The molecule has 0 aliphatic carbocycles. The van der Waals surface area contributed by atoms with Crippen LogP contribution in [-0.4, -0.2) is 52.5 Å². The lowest BCUT2D eigenvalue weighted by molar-refractivity contribution is -0.137. The van der Waals surface area contributed by atoms with Crippen LogP contribution in [-0.2, 0) is 10.9 Å². The third-order valence-electron chi connectivity index (χ3n) is 5.60. The van der Waals surface area contributed by atoms with Crippen molar-refractivity contribution < 1.29 is 23.0 Å². The van der Waals surface area contributed by atoms with E-state index >= 15 is 0 Å². The van der Waals surface area contributed by atoms with E-state index in [-0.39, 0.29) is 18.1 Å².